The van der Waals surface area contributed by atoms with Gasteiger partial charge in [-0.1, -0.05) is 41.9 Å². The van der Waals surface area contributed by atoms with Crippen molar-refractivity contribution in [3.8, 4) is 11.3 Å². The van der Waals surface area contributed by atoms with E-state index in [4.69, 9.17) is 16.3 Å². The summed E-state index contributed by atoms with van der Waals surface area (Å²) in [7, 11) is 1.66. The van der Waals surface area contributed by atoms with Crippen molar-refractivity contribution in [2.45, 2.75) is 0 Å². The summed E-state index contributed by atoms with van der Waals surface area (Å²) in [6.07, 6.45) is 0. The highest BCUT2D eigenvalue weighted by Crippen LogP contribution is 2.24. The minimum atomic E-state index is 0.551. The smallest absolute Gasteiger partial charge is 0.225 e. The van der Waals surface area contributed by atoms with E-state index in [0.29, 0.717) is 29.9 Å². The molecule has 0 amide bonds. The second kappa shape index (κ2) is 8.46. The third kappa shape index (κ3) is 4.92. The Kier molecular flexibility index (Phi) is 5.82. The molecule has 0 aliphatic heterocycles. The van der Waals surface area contributed by atoms with E-state index in [1.165, 1.54) is 0 Å². The first-order chi connectivity index (χ1) is 12.2. The molecule has 0 unspecified atom stereocenters. The van der Waals surface area contributed by atoms with E-state index in [2.05, 4.69) is 20.6 Å². The van der Waals surface area contributed by atoms with Crippen molar-refractivity contribution in [3.63, 3.8) is 0 Å². The monoisotopic (exact) mass is 354 g/mol. The third-order valence-electron chi connectivity index (χ3n) is 3.50. The Morgan fingerprint density at radius 3 is 2.48 bits per heavy atom. The fourth-order valence-corrected chi connectivity index (χ4v) is 2.42. The van der Waals surface area contributed by atoms with Crippen molar-refractivity contribution in [1.29, 1.82) is 0 Å². The third-order valence-corrected chi connectivity index (χ3v) is 3.75. The second-order valence-corrected chi connectivity index (χ2v) is 5.82. The molecule has 2 aromatic carbocycles. The molecule has 1 heterocycles. The molecule has 3 aromatic rings. The number of hydrogen-bond donors (Lipinski definition) is 2. The molecule has 1 aromatic heterocycles. The Morgan fingerprint density at radius 1 is 1.00 bits per heavy atom. The van der Waals surface area contributed by atoms with Gasteiger partial charge < -0.3 is 15.4 Å². The van der Waals surface area contributed by atoms with Crippen molar-refractivity contribution >= 4 is 29.1 Å². The Morgan fingerprint density at radius 2 is 1.76 bits per heavy atom. The van der Waals surface area contributed by atoms with Gasteiger partial charge in [-0.2, -0.15) is 4.98 Å². The topological polar surface area (TPSA) is 59.1 Å². The van der Waals surface area contributed by atoms with Crippen LogP contribution in [0.25, 0.3) is 11.3 Å². The second-order valence-electron chi connectivity index (χ2n) is 5.38. The lowest BCUT2D eigenvalue weighted by Gasteiger charge is -2.11. The number of ether oxygens (including phenoxy) is 1. The van der Waals surface area contributed by atoms with Gasteiger partial charge in [0, 0.05) is 36.0 Å². The lowest BCUT2D eigenvalue weighted by Crippen LogP contribution is -2.11. The highest BCUT2D eigenvalue weighted by molar-refractivity contribution is 6.30. The molecular weight excluding hydrogens is 336 g/mol. The zero-order valence-electron chi connectivity index (χ0n) is 13.9. The van der Waals surface area contributed by atoms with E-state index in [0.717, 1.165) is 16.9 Å². The molecule has 128 valence electrons. The van der Waals surface area contributed by atoms with Gasteiger partial charge >= 0.3 is 0 Å². The van der Waals surface area contributed by atoms with Crippen LogP contribution in [0.15, 0.2) is 60.7 Å². The lowest BCUT2D eigenvalue weighted by molar-refractivity contribution is 0.210. The van der Waals surface area contributed by atoms with E-state index in [9.17, 15) is 0 Å². The SMILES string of the molecule is COCCNc1nc(Nc2ccc(Cl)cc2)cc(-c2ccccc2)n1. The summed E-state index contributed by atoms with van der Waals surface area (Å²) in [6, 6.07) is 19.4. The highest BCUT2D eigenvalue weighted by atomic mass is 35.5. The van der Waals surface area contributed by atoms with Gasteiger partial charge in [0.25, 0.3) is 0 Å². The molecule has 0 radical (unpaired) electrons. The number of hydrogen-bond acceptors (Lipinski definition) is 5. The number of nitrogens with one attached hydrogen (secondary N) is 2. The summed E-state index contributed by atoms with van der Waals surface area (Å²) in [5.74, 6) is 1.26. The maximum atomic E-state index is 5.94. The van der Waals surface area contributed by atoms with Crippen molar-refractivity contribution in [2.24, 2.45) is 0 Å². The van der Waals surface area contributed by atoms with E-state index in [-0.39, 0.29) is 0 Å². The summed E-state index contributed by atoms with van der Waals surface area (Å²) in [5, 5.41) is 7.17. The lowest BCUT2D eigenvalue weighted by atomic mass is 10.1. The zero-order chi connectivity index (χ0) is 17.5. The molecule has 0 bridgehead atoms. The number of nitrogens with zero attached hydrogens (tertiary/aromatic N) is 2. The Balaban J connectivity index is 1.89. The molecule has 25 heavy (non-hydrogen) atoms. The molecule has 0 saturated carbocycles. The fraction of sp³-hybridized carbons (Fsp3) is 0.158. The van der Waals surface area contributed by atoms with E-state index >= 15 is 0 Å². The van der Waals surface area contributed by atoms with Crippen molar-refractivity contribution in [2.75, 3.05) is 30.9 Å². The molecule has 0 atom stereocenters. The number of methoxy groups -OCH3 is 1. The Hall–Kier alpha value is -2.63. The van der Waals surface area contributed by atoms with Crippen LogP contribution < -0.4 is 10.6 Å². The number of anilines is 3. The number of aromatic nitrogens is 2. The number of rotatable bonds is 7. The average molecular weight is 355 g/mol. The van der Waals surface area contributed by atoms with Gasteiger partial charge in [-0.05, 0) is 24.3 Å². The van der Waals surface area contributed by atoms with Gasteiger partial charge in [-0.3, -0.25) is 0 Å². The highest BCUT2D eigenvalue weighted by Gasteiger charge is 2.07. The summed E-state index contributed by atoms with van der Waals surface area (Å²) in [6.45, 7) is 1.22. The van der Waals surface area contributed by atoms with E-state index in [1.807, 2.05) is 60.7 Å². The number of benzene rings is 2. The normalized spacial score (nSPS) is 10.5. The summed E-state index contributed by atoms with van der Waals surface area (Å²) in [4.78, 5) is 9.12. The van der Waals surface area contributed by atoms with E-state index < -0.39 is 0 Å². The Labute approximate surface area is 152 Å². The summed E-state index contributed by atoms with van der Waals surface area (Å²) >= 11 is 5.94. The summed E-state index contributed by atoms with van der Waals surface area (Å²) < 4.78 is 5.07. The van der Waals surface area contributed by atoms with Gasteiger partial charge in [-0.15, -0.1) is 0 Å². The van der Waals surface area contributed by atoms with Crippen molar-refractivity contribution < 1.29 is 4.74 Å². The largest absolute Gasteiger partial charge is 0.383 e. The molecule has 0 aliphatic carbocycles. The van der Waals surface area contributed by atoms with E-state index in [1.54, 1.807) is 7.11 Å². The molecule has 0 aliphatic rings. The maximum absolute atomic E-state index is 5.94. The van der Waals surface area contributed by atoms with Crippen LogP contribution in [0, 0.1) is 0 Å². The molecule has 5 nitrogen and oxygen atoms in total. The van der Waals surface area contributed by atoms with Crippen LogP contribution in [0.5, 0.6) is 0 Å². The molecule has 0 fully saturated rings. The fourth-order valence-electron chi connectivity index (χ4n) is 2.29. The molecule has 2 N–H and O–H groups in total. The average Bonchev–Trinajstić information content (AvgIpc) is 2.64. The minimum absolute atomic E-state index is 0.551. The maximum Gasteiger partial charge on any atom is 0.225 e. The molecule has 3 rings (SSSR count). The van der Waals surface area contributed by atoms with Crippen LogP contribution in [0.3, 0.4) is 0 Å². The predicted octanol–water partition coefficient (Wildman–Crippen LogP) is 4.60. The van der Waals surface area contributed by atoms with Gasteiger partial charge in [-0.25, -0.2) is 4.98 Å². The molecular formula is C19H19ClN4O. The molecule has 6 heteroatoms. The quantitative estimate of drug-likeness (QED) is 0.607. The van der Waals surface area contributed by atoms with Crippen LogP contribution in [-0.4, -0.2) is 30.2 Å². The zero-order valence-corrected chi connectivity index (χ0v) is 14.6. The van der Waals surface area contributed by atoms with Gasteiger partial charge in [0.15, 0.2) is 0 Å². The van der Waals surface area contributed by atoms with Crippen molar-refractivity contribution in [1.82, 2.24) is 9.97 Å². The standard InChI is InChI=1S/C19H19ClN4O/c1-25-12-11-21-19-23-17(14-5-3-2-4-6-14)13-18(24-19)22-16-9-7-15(20)8-10-16/h2-10,13H,11-12H2,1H3,(H2,21,22,23,24). The summed E-state index contributed by atoms with van der Waals surface area (Å²) in [5.41, 5.74) is 2.77. The van der Waals surface area contributed by atoms with Crippen LogP contribution in [0.4, 0.5) is 17.5 Å². The first kappa shape index (κ1) is 17.2. The Bertz CT molecular complexity index is 809. The molecule has 0 saturated heterocycles. The predicted molar refractivity (Wildman–Crippen MR) is 103 cm³/mol. The van der Waals surface area contributed by atoms with Crippen LogP contribution >= 0.6 is 11.6 Å². The van der Waals surface area contributed by atoms with Gasteiger partial charge in [0.1, 0.15) is 5.82 Å². The van der Waals surface area contributed by atoms with Gasteiger partial charge in [0.05, 0.1) is 12.3 Å². The van der Waals surface area contributed by atoms with Crippen molar-refractivity contribution in [3.05, 3.63) is 65.7 Å². The minimum Gasteiger partial charge on any atom is -0.383 e. The van der Waals surface area contributed by atoms with Crippen LogP contribution in [0.2, 0.25) is 5.02 Å². The van der Waals surface area contributed by atoms with Gasteiger partial charge in [0.2, 0.25) is 5.95 Å². The first-order valence-corrected chi connectivity index (χ1v) is 8.32. The van der Waals surface area contributed by atoms with Crippen LogP contribution in [0.1, 0.15) is 0 Å². The van der Waals surface area contributed by atoms with Crippen LogP contribution in [-0.2, 0) is 4.74 Å². The number of halogens is 1. The first-order valence-electron chi connectivity index (χ1n) is 7.94. The molecule has 0 spiro atoms.